The Kier molecular flexibility index (Phi) is 7.65. The fraction of sp³-hybridized carbons (Fsp3) is 0.526. The Balaban J connectivity index is 0.00000261. The van der Waals surface area contributed by atoms with E-state index in [2.05, 4.69) is 15.6 Å². The van der Waals surface area contributed by atoms with Crippen LogP contribution in [0.3, 0.4) is 0 Å². The summed E-state index contributed by atoms with van der Waals surface area (Å²) in [5.74, 6) is -0.0855. The first kappa shape index (κ1) is 21.7. The van der Waals surface area contributed by atoms with E-state index in [0.717, 1.165) is 37.2 Å². The van der Waals surface area contributed by atoms with Crippen LogP contribution in [0.5, 0.6) is 0 Å². The number of halogens is 2. The zero-order valence-corrected chi connectivity index (χ0v) is 17.6. The molecule has 0 spiro atoms. The standard InChI is InChI=1S/C19H26ClN5O.ClH/c1-13(2)24(12-15-5-4-6-16(20)11-15)19(26)18-14(3)25(23-22-18)17-7-9-21-10-8-17;/h4-6,11,13,17,21H,7-10,12H2,1-3H3;1H. The Bertz CT molecular complexity index is 771. The summed E-state index contributed by atoms with van der Waals surface area (Å²) in [5.41, 5.74) is 2.29. The molecule has 1 amide bonds. The van der Waals surface area contributed by atoms with Gasteiger partial charge in [0.05, 0.1) is 11.7 Å². The lowest BCUT2D eigenvalue weighted by molar-refractivity contribution is 0.0683. The van der Waals surface area contributed by atoms with E-state index in [4.69, 9.17) is 11.6 Å². The minimum Gasteiger partial charge on any atom is -0.330 e. The van der Waals surface area contributed by atoms with Crippen molar-refractivity contribution in [2.75, 3.05) is 13.1 Å². The number of benzene rings is 1. The molecule has 1 saturated heterocycles. The number of aromatic nitrogens is 3. The molecule has 0 atom stereocenters. The molecule has 2 heterocycles. The van der Waals surface area contributed by atoms with Crippen molar-refractivity contribution < 1.29 is 4.79 Å². The van der Waals surface area contributed by atoms with Crippen molar-refractivity contribution in [3.63, 3.8) is 0 Å². The third kappa shape index (κ3) is 5.00. The van der Waals surface area contributed by atoms with E-state index in [1.807, 2.05) is 54.6 Å². The van der Waals surface area contributed by atoms with E-state index >= 15 is 0 Å². The Morgan fingerprint density at radius 3 is 2.70 bits per heavy atom. The molecule has 1 N–H and O–H groups in total. The number of carbonyl (C=O) groups is 1. The minimum atomic E-state index is -0.0855. The molecule has 1 aromatic heterocycles. The maximum atomic E-state index is 13.2. The molecule has 8 heteroatoms. The van der Waals surface area contributed by atoms with Crippen LogP contribution in [0.2, 0.25) is 5.02 Å². The molecule has 27 heavy (non-hydrogen) atoms. The quantitative estimate of drug-likeness (QED) is 0.815. The number of nitrogens with zero attached hydrogens (tertiary/aromatic N) is 4. The third-order valence-electron chi connectivity index (χ3n) is 4.91. The lowest BCUT2D eigenvalue weighted by Crippen LogP contribution is -2.37. The summed E-state index contributed by atoms with van der Waals surface area (Å²) >= 11 is 6.08. The summed E-state index contributed by atoms with van der Waals surface area (Å²) in [6.07, 6.45) is 2.02. The SMILES string of the molecule is Cc1c(C(=O)N(Cc2cccc(Cl)c2)C(C)C)nnn1C1CCNCC1.Cl. The highest BCUT2D eigenvalue weighted by molar-refractivity contribution is 6.30. The van der Waals surface area contributed by atoms with Gasteiger partial charge in [0.1, 0.15) is 0 Å². The molecule has 3 rings (SSSR count). The zero-order valence-electron chi connectivity index (χ0n) is 16.0. The molecule has 0 radical (unpaired) electrons. The van der Waals surface area contributed by atoms with Crippen LogP contribution in [0.15, 0.2) is 24.3 Å². The second-order valence-electron chi connectivity index (χ2n) is 7.11. The molecule has 1 aliphatic heterocycles. The van der Waals surface area contributed by atoms with Gasteiger partial charge in [0.2, 0.25) is 0 Å². The second-order valence-corrected chi connectivity index (χ2v) is 7.54. The highest BCUT2D eigenvalue weighted by Crippen LogP contribution is 2.22. The first-order valence-corrected chi connectivity index (χ1v) is 9.53. The summed E-state index contributed by atoms with van der Waals surface area (Å²) < 4.78 is 1.92. The lowest BCUT2D eigenvalue weighted by atomic mass is 10.1. The maximum absolute atomic E-state index is 13.2. The number of hydrogen-bond donors (Lipinski definition) is 1. The number of nitrogens with one attached hydrogen (secondary N) is 1. The lowest BCUT2D eigenvalue weighted by Gasteiger charge is -2.27. The molecule has 0 saturated carbocycles. The highest BCUT2D eigenvalue weighted by Gasteiger charge is 2.27. The fourth-order valence-electron chi connectivity index (χ4n) is 3.39. The van der Waals surface area contributed by atoms with Crippen LogP contribution in [0, 0.1) is 6.92 Å². The predicted molar refractivity (Wildman–Crippen MR) is 110 cm³/mol. The summed E-state index contributed by atoms with van der Waals surface area (Å²) in [4.78, 5) is 15.0. The van der Waals surface area contributed by atoms with Crippen molar-refractivity contribution in [3.05, 3.63) is 46.2 Å². The summed E-state index contributed by atoms with van der Waals surface area (Å²) in [6, 6.07) is 7.97. The molecule has 0 bridgehead atoms. The number of carbonyl (C=O) groups excluding carboxylic acids is 1. The van der Waals surface area contributed by atoms with Gasteiger partial charge in [-0.25, -0.2) is 4.68 Å². The van der Waals surface area contributed by atoms with Crippen molar-refractivity contribution in [2.45, 2.75) is 52.2 Å². The van der Waals surface area contributed by atoms with Gasteiger partial charge in [0, 0.05) is 17.6 Å². The van der Waals surface area contributed by atoms with Gasteiger partial charge in [-0.05, 0) is 64.4 Å². The highest BCUT2D eigenvalue weighted by atomic mass is 35.5. The van der Waals surface area contributed by atoms with Crippen molar-refractivity contribution >= 4 is 29.9 Å². The third-order valence-corrected chi connectivity index (χ3v) is 5.15. The smallest absolute Gasteiger partial charge is 0.276 e. The van der Waals surface area contributed by atoms with Crippen LogP contribution in [0.4, 0.5) is 0 Å². The Morgan fingerprint density at radius 1 is 1.37 bits per heavy atom. The van der Waals surface area contributed by atoms with Crippen molar-refractivity contribution in [3.8, 4) is 0 Å². The van der Waals surface area contributed by atoms with Gasteiger partial charge in [0.15, 0.2) is 5.69 Å². The molecule has 2 aromatic rings. The summed E-state index contributed by atoms with van der Waals surface area (Å²) in [7, 11) is 0. The largest absolute Gasteiger partial charge is 0.330 e. The average Bonchev–Trinajstić information content (AvgIpc) is 3.01. The number of rotatable bonds is 5. The van der Waals surface area contributed by atoms with E-state index < -0.39 is 0 Å². The van der Waals surface area contributed by atoms with Crippen LogP contribution in [-0.4, -0.2) is 44.9 Å². The number of amides is 1. The second kappa shape index (κ2) is 9.53. The van der Waals surface area contributed by atoms with Crippen LogP contribution >= 0.6 is 24.0 Å². The normalized spacial score (nSPS) is 14.9. The van der Waals surface area contributed by atoms with Crippen LogP contribution in [0.1, 0.15) is 54.5 Å². The number of hydrogen-bond acceptors (Lipinski definition) is 4. The van der Waals surface area contributed by atoms with Crippen molar-refractivity contribution in [2.24, 2.45) is 0 Å². The van der Waals surface area contributed by atoms with E-state index in [0.29, 0.717) is 23.3 Å². The molecular formula is C19H27Cl2N5O. The molecule has 1 aliphatic rings. The van der Waals surface area contributed by atoms with Gasteiger partial charge in [-0.15, -0.1) is 17.5 Å². The van der Waals surface area contributed by atoms with Gasteiger partial charge >= 0.3 is 0 Å². The van der Waals surface area contributed by atoms with Gasteiger partial charge in [-0.2, -0.15) is 0 Å². The Hall–Kier alpha value is -1.63. The van der Waals surface area contributed by atoms with Crippen molar-refractivity contribution in [1.82, 2.24) is 25.2 Å². The Labute approximate surface area is 171 Å². The molecule has 6 nitrogen and oxygen atoms in total. The van der Waals surface area contributed by atoms with Gasteiger partial charge < -0.3 is 10.2 Å². The average molecular weight is 412 g/mol. The Morgan fingerprint density at radius 2 is 2.07 bits per heavy atom. The monoisotopic (exact) mass is 411 g/mol. The van der Waals surface area contributed by atoms with E-state index in [9.17, 15) is 4.79 Å². The molecular weight excluding hydrogens is 385 g/mol. The van der Waals surface area contributed by atoms with Crippen LogP contribution in [0.25, 0.3) is 0 Å². The molecule has 0 unspecified atom stereocenters. The van der Waals surface area contributed by atoms with Crippen LogP contribution in [-0.2, 0) is 6.54 Å². The fourth-order valence-corrected chi connectivity index (χ4v) is 3.61. The van der Waals surface area contributed by atoms with Gasteiger partial charge in [0.25, 0.3) is 5.91 Å². The van der Waals surface area contributed by atoms with E-state index in [1.54, 1.807) is 0 Å². The van der Waals surface area contributed by atoms with Gasteiger partial charge in [-0.1, -0.05) is 28.9 Å². The first-order chi connectivity index (χ1) is 12.5. The summed E-state index contributed by atoms with van der Waals surface area (Å²) in [5, 5.41) is 12.5. The maximum Gasteiger partial charge on any atom is 0.276 e. The summed E-state index contributed by atoms with van der Waals surface area (Å²) in [6.45, 7) is 8.40. The zero-order chi connectivity index (χ0) is 18.7. The number of piperidine rings is 1. The topological polar surface area (TPSA) is 63.1 Å². The van der Waals surface area contributed by atoms with Crippen molar-refractivity contribution in [1.29, 1.82) is 0 Å². The predicted octanol–water partition coefficient (Wildman–Crippen LogP) is 3.64. The first-order valence-electron chi connectivity index (χ1n) is 9.15. The van der Waals surface area contributed by atoms with E-state index in [-0.39, 0.29) is 24.4 Å². The van der Waals surface area contributed by atoms with Crippen LogP contribution < -0.4 is 5.32 Å². The molecule has 148 valence electrons. The molecule has 1 aromatic carbocycles. The molecule has 1 fully saturated rings. The minimum absolute atomic E-state index is 0. The molecule has 0 aliphatic carbocycles. The van der Waals surface area contributed by atoms with Gasteiger partial charge in [-0.3, -0.25) is 4.79 Å². The van der Waals surface area contributed by atoms with E-state index in [1.165, 1.54) is 0 Å².